The molecule has 226 valence electrons. The molecule has 0 aromatic carbocycles. The monoisotopic (exact) mass is 624 g/mol. The summed E-state index contributed by atoms with van der Waals surface area (Å²) in [5, 5.41) is -1.81. The minimum Gasteiger partial charge on any atom is -0.372 e. The number of halogens is 17. The smallest absolute Gasteiger partial charge is 0.372 e. The minimum absolute atomic E-state index is 0.730. The van der Waals surface area contributed by atoms with E-state index < -0.39 is 107 Å². The normalized spacial score (nSPS) is 27.4. The van der Waals surface area contributed by atoms with E-state index >= 15 is 0 Å². The van der Waals surface area contributed by atoms with Crippen molar-refractivity contribution in [2.75, 3.05) is 6.61 Å². The first kappa shape index (κ1) is 32.9. The molecule has 2 fully saturated rings. The van der Waals surface area contributed by atoms with Crippen LogP contribution in [0.5, 0.6) is 0 Å². The molecule has 1 atom stereocenters. The number of rotatable bonds is 8. The minimum atomic E-state index is -8.69. The molecule has 0 aromatic rings. The number of hydrogen-bond acceptors (Lipinski definition) is 3. The summed E-state index contributed by atoms with van der Waals surface area (Å²) in [4.78, 5) is 0. The van der Waals surface area contributed by atoms with Gasteiger partial charge in [-0.1, -0.05) is 0 Å². The Morgan fingerprint density at radius 1 is 0.605 bits per heavy atom. The van der Waals surface area contributed by atoms with Crippen LogP contribution in [-0.4, -0.2) is 78.1 Å². The average molecular weight is 624 g/mol. The molecular weight excluding hydrogens is 611 g/mol. The van der Waals surface area contributed by atoms with Crippen LogP contribution in [0.3, 0.4) is 0 Å². The Morgan fingerprint density at radius 3 is 1.24 bits per heavy atom. The lowest BCUT2D eigenvalue weighted by Gasteiger charge is -2.52. The molecule has 22 heteroatoms. The molecule has 0 amide bonds. The lowest BCUT2D eigenvalue weighted by Crippen LogP contribution is -2.75. The van der Waals surface area contributed by atoms with Crippen LogP contribution in [0.2, 0.25) is 0 Å². The Balaban J connectivity index is 2.44. The van der Waals surface area contributed by atoms with Crippen molar-refractivity contribution in [1.82, 2.24) is 0 Å². The molecule has 1 aliphatic heterocycles. The Bertz CT molecular complexity index is 1010. The first-order chi connectivity index (χ1) is 16.4. The van der Waals surface area contributed by atoms with E-state index in [0.29, 0.717) is 0 Å². The average Bonchev–Trinajstić information content (AvgIpc) is 2.70. The molecule has 4 nitrogen and oxygen atoms in total. The largest absolute Gasteiger partial charge is 0.460 e. The predicted octanol–water partition coefficient (Wildman–Crippen LogP) is 6.21. The zero-order chi connectivity index (χ0) is 30.4. The van der Waals surface area contributed by atoms with Gasteiger partial charge >= 0.3 is 47.6 Å². The molecule has 1 spiro atoms. The molecular formula is C16H13F17O4S. The van der Waals surface area contributed by atoms with Crippen molar-refractivity contribution >= 4 is 10.1 Å². The molecule has 2 rings (SSSR count). The van der Waals surface area contributed by atoms with Crippen molar-refractivity contribution in [2.45, 2.75) is 84.2 Å². The number of ether oxygens (including phenoxy) is 1. The standard InChI is InChI=1S/C16H13F17O4S/c17-9(18,6-1-3-8(4-2-6)7(5-37-8)38(34,35)36)10(19,20)11(21,22)12(23,24)13(25,26)14(27,28)15(29,30)16(31,32)33/h6-7H,1-5H2,(H,34,35,36). The van der Waals surface area contributed by atoms with E-state index in [9.17, 15) is 83.1 Å². The molecule has 1 saturated heterocycles. The summed E-state index contributed by atoms with van der Waals surface area (Å²) in [6.07, 6.45) is -12.9. The van der Waals surface area contributed by atoms with Gasteiger partial charge in [0.15, 0.2) is 0 Å². The SMILES string of the molecule is O=S(=O)(O)C1COC12CCC(C(F)(F)C(F)(F)C(F)(F)C(F)(F)C(F)(F)C(F)(F)C(F)(F)C(F)(F)F)CC2. The quantitative estimate of drug-likeness (QED) is 0.258. The van der Waals surface area contributed by atoms with E-state index in [1.807, 2.05) is 0 Å². The zero-order valence-corrected chi connectivity index (χ0v) is 18.5. The van der Waals surface area contributed by atoms with Gasteiger partial charge < -0.3 is 4.74 Å². The van der Waals surface area contributed by atoms with Gasteiger partial charge in [-0.25, -0.2) is 0 Å². The fraction of sp³-hybridized carbons (Fsp3) is 1.00. The summed E-state index contributed by atoms with van der Waals surface area (Å²) in [6, 6.07) is 0. The molecule has 1 unspecified atom stereocenters. The van der Waals surface area contributed by atoms with E-state index in [1.54, 1.807) is 0 Å². The van der Waals surface area contributed by atoms with Gasteiger partial charge in [0.05, 0.1) is 12.2 Å². The van der Waals surface area contributed by atoms with Crippen molar-refractivity contribution in [3.63, 3.8) is 0 Å². The third kappa shape index (κ3) is 4.12. The molecule has 1 aliphatic carbocycles. The third-order valence-electron chi connectivity index (χ3n) is 6.56. The van der Waals surface area contributed by atoms with Gasteiger partial charge in [-0.15, -0.1) is 0 Å². The highest BCUT2D eigenvalue weighted by Gasteiger charge is 2.95. The zero-order valence-electron chi connectivity index (χ0n) is 17.7. The first-order valence-electron chi connectivity index (χ1n) is 9.72. The van der Waals surface area contributed by atoms with E-state index in [0.717, 1.165) is 0 Å². The van der Waals surface area contributed by atoms with Gasteiger partial charge in [0.25, 0.3) is 10.1 Å². The molecule has 1 N–H and O–H groups in total. The fourth-order valence-electron chi connectivity index (χ4n) is 4.11. The van der Waals surface area contributed by atoms with Crippen molar-refractivity contribution in [1.29, 1.82) is 0 Å². The van der Waals surface area contributed by atoms with Gasteiger partial charge in [-0.3, -0.25) is 4.55 Å². The Labute approximate surface area is 200 Å². The summed E-state index contributed by atoms with van der Waals surface area (Å²) < 4.78 is 264. The summed E-state index contributed by atoms with van der Waals surface area (Å²) in [6.45, 7) is -0.730. The van der Waals surface area contributed by atoms with Gasteiger partial charge in [0, 0.05) is 5.92 Å². The lowest BCUT2D eigenvalue weighted by molar-refractivity contribution is -0.463. The van der Waals surface area contributed by atoms with Gasteiger partial charge in [-0.05, 0) is 25.7 Å². The topological polar surface area (TPSA) is 63.6 Å². The van der Waals surface area contributed by atoms with Crippen LogP contribution in [-0.2, 0) is 14.9 Å². The third-order valence-corrected chi connectivity index (χ3v) is 7.84. The second-order valence-corrected chi connectivity index (χ2v) is 10.3. The van der Waals surface area contributed by atoms with Crippen molar-refractivity contribution in [2.24, 2.45) is 5.92 Å². The van der Waals surface area contributed by atoms with Crippen molar-refractivity contribution < 1.29 is 92.3 Å². The molecule has 0 aromatic heterocycles. The maximum absolute atomic E-state index is 14.4. The highest BCUT2D eigenvalue weighted by molar-refractivity contribution is 7.86. The van der Waals surface area contributed by atoms with Crippen LogP contribution in [0.25, 0.3) is 0 Å². The van der Waals surface area contributed by atoms with Crippen LogP contribution in [0.1, 0.15) is 25.7 Å². The number of alkyl halides is 17. The molecule has 0 radical (unpaired) electrons. The van der Waals surface area contributed by atoms with E-state index in [2.05, 4.69) is 0 Å². The maximum atomic E-state index is 14.4. The van der Waals surface area contributed by atoms with E-state index in [-0.39, 0.29) is 0 Å². The van der Waals surface area contributed by atoms with Crippen molar-refractivity contribution in [3.8, 4) is 0 Å². The van der Waals surface area contributed by atoms with Crippen LogP contribution in [0, 0.1) is 5.92 Å². The predicted molar refractivity (Wildman–Crippen MR) is 86.7 cm³/mol. The fourth-order valence-corrected chi connectivity index (χ4v) is 5.20. The van der Waals surface area contributed by atoms with E-state index in [4.69, 9.17) is 9.29 Å². The Hall–Kier alpha value is -1.32. The van der Waals surface area contributed by atoms with Gasteiger partial charge in [0.2, 0.25) is 0 Å². The van der Waals surface area contributed by atoms with Crippen LogP contribution in [0.4, 0.5) is 74.6 Å². The Kier molecular flexibility index (Phi) is 7.43. The molecule has 0 bridgehead atoms. The van der Waals surface area contributed by atoms with Crippen LogP contribution < -0.4 is 0 Å². The van der Waals surface area contributed by atoms with Gasteiger partial charge in [-0.2, -0.15) is 83.1 Å². The molecule has 1 saturated carbocycles. The molecule has 38 heavy (non-hydrogen) atoms. The van der Waals surface area contributed by atoms with E-state index in [1.165, 1.54) is 0 Å². The summed E-state index contributed by atoms with van der Waals surface area (Å²) in [5.74, 6) is -60.0. The number of hydrogen-bond donors (Lipinski definition) is 1. The Morgan fingerprint density at radius 2 is 0.947 bits per heavy atom. The van der Waals surface area contributed by atoms with Crippen molar-refractivity contribution in [3.05, 3.63) is 0 Å². The second-order valence-electron chi connectivity index (χ2n) is 8.72. The summed E-state index contributed by atoms with van der Waals surface area (Å²) in [5.41, 5.74) is -2.01. The maximum Gasteiger partial charge on any atom is 0.460 e. The molecule has 2 aliphatic rings. The second kappa shape index (κ2) is 8.59. The van der Waals surface area contributed by atoms with Gasteiger partial charge in [0.1, 0.15) is 5.25 Å². The lowest BCUT2D eigenvalue weighted by atomic mass is 9.71. The molecule has 1 heterocycles. The highest BCUT2D eigenvalue weighted by atomic mass is 32.2. The van der Waals surface area contributed by atoms with Crippen LogP contribution >= 0.6 is 0 Å². The highest BCUT2D eigenvalue weighted by Crippen LogP contribution is 2.65. The summed E-state index contributed by atoms with van der Waals surface area (Å²) in [7, 11) is -4.93. The van der Waals surface area contributed by atoms with Crippen LogP contribution in [0.15, 0.2) is 0 Å². The first-order valence-corrected chi connectivity index (χ1v) is 11.2. The summed E-state index contributed by atoms with van der Waals surface area (Å²) >= 11 is 0.